The molecule has 21 heavy (non-hydrogen) atoms. The van der Waals surface area contributed by atoms with Gasteiger partial charge in [0.1, 0.15) is 5.82 Å². The van der Waals surface area contributed by atoms with Crippen molar-refractivity contribution < 1.29 is 14.3 Å². The summed E-state index contributed by atoms with van der Waals surface area (Å²) in [5.41, 5.74) is 6.38. The van der Waals surface area contributed by atoms with Gasteiger partial charge in [0, 0.05) is 25.5 Å². The molecule has 3 atom stereocenters. The van der Waals surface area contributed by atoms with Crippen molar-refractivity contribution in [2.45, 2.75) is 25.8 Å². The minimum absolute atomic E-state index is 0.0156. The van der Waals surface area contributed by atoms with Crippen LogP contribution in [0.25, 0.3) is 0 Å². The van der Waals surface area contributed by atoms with Crippen molar-refractivity contribution in [3.05, 3.63) is 35.6 Å². The molecule has 1 aromatic carbocycles. The summed E-state index contributed by atoms with van der Waals surface area (Å²) in [4.78, 5) is 14.3. The van der Waals surface area contributed by atoms with E-state index in [4.69, 9.17) is 5.73 Å². The van der Waals surface area contributed by atoms with Gasteiger partial charge in [-0.25, -0.2) is 4.39 Å². The van der Waals surface area contributed by atoms with Crippen molar-refractivity contribution in [1.82, 2.24) is 4.90 Å². The lowest BCUT2D eigenvalue weighted by Gasteiger charge is -2.28. The maximum Gasteiger partial charge on any atom is 0.223 e. The summed E-state index contributed by atoms with van der Waals surface area (Å²) in [5, 5.41) is 9.19. The molecule has 1 amide bonds. The number of aliphatic hydroxyl groups is 1. The van der Waals surface area contributed by atoms with E-state index in [-0.39, 0.29) is 43.3 Å². The van der Waals surface area contributed by atoms with Crippen LogP contribution in [0.2, 0.25) is 0 Å². The zero-order valence-corrected chi connectivity index (χ0v) is 12.3. The zero-order valence-electron chi connectivity index (χ0n) is 12.3. The molecule has 116 valence electrons. The first-order chi connectivity index (χ1) is 10.1. The summed E-state index contributed by atoms with van der Waals surface area (Å²) >= 11 is 0. The molecule has 5 heteroatoms. The van der Waals surface area contributed by atoms with Crippen LogP contribution >= 0.6 is 0 Å². The minimum Gasteiger partial charge on any atom is -0.396 e. The molecule has 0 aliphatic carbocycles. The molecule has 1 heterocycles. The molecule has 0 saturated carbocycles. The Labute approximate surface area is 124 Å². The summed E-state index contributed by atoms with van der Waals surface area (Å²) < 4.78 is 13.4. The van der Waals surface area contributed by atoms with Crippen LogP contribution < -0.4 is 5.73 Å². The Morgan fingerprint density at radius 2 is 2.33 bits per heavy atom. The fourth-order valence-electron chi connectivity index (χ4n) is 3.01. The second-order valence-electron chi connectivity index (χ2n) is 5.84. The molecule has 4 nitrogen and oxygen atoms in total. The Hall–Kier alpha value is -1.46. The van der Waals surface area contributed by atoms with Gasteiger partial charge in [0.15, 0.2) is 0 Å². The van der Waals surface area contributed by atoms with Gasteiger partial charge in [-0.05, 0) is 36.6 Å². The van der Waals surface area contributed by atoms with Crippen LogP contribution in [0.3, 0.4) is 0 Å². The van der Waals surface area contributed by atoms with Gasteiger partial charge < -0.3 is 15.7 Å². The Kier molecular flexibility index (Phi) is 5.31. The maximum atomic E-state index is 13.4. The number of halogens is 1. The Balaban J connectivity index is 2.16. The second-order valence-corrected chi connectivity index (χ2v) is 5.84. The molecule has 0 radical (unpaired) electrons. The molecule has 1 aliphatic rings. The van der Waals surface area contributed by atoms with Crippen LogP contribution in [0, 0.1) is 17.7 Å². The smallest absolute Gasteiger partial charge is 0.223 e. The first-order valence-corrected chi connectivity index (χ1v) is 7.42. The number of rotatable bonds is 5. The lowest BCUT2D eigenvalue weighted by atomic mass is 9.95. The van der Waals surface area contributed by atoms with Crippen molar-refractivity contribution in [3.8, 4) is 0 Å². The SMILES string of the molecule is C[C@@H]1CCN(C(=O)C[C@@H](CN)CO)[C@H]1c1cccc(F)c1. The lowest BCUT2D eigenvalue weighted by molar-refractivity contribution is -0.133. The fraction of sp³-hybridized carbons (Fsp3) is 0.562. The number of aliphatic hydroxyl groups excluding tert-OH is 1. The molecule has 0 spiro atoms. The molecule has 1 saturated heterocycles. The number of nitrogens with two attached hydrogens (primary N) is 1. The highest BCUT2D eigenvalue weighted by Crippen LogP contribution is 2.37. The molecule has 1 aliphatic heterocycles. The second kappa shape index (κ2) is 7.00. The molecular weight excluding hydrogens is 271 g/mol. The van der Waals surface area contributed by atoms with Gasteiger partial charge in [-0.15, -0.1) is 0 Å². The molecule has 0 unspecified atom stereocenters. The number of hydrogen-bond donors (Lipinski definition) is 2. The highest BCUT2D eigenvalue weighted by atomic mass is 19.1. The average Bonchev–Trinajstić information content (AvgIpc) is 2.86. The number of amides is 1. The van der Waals surface area contributed by atoms with E-state index in [9.17, 15) is 14.3 Å². The predicted molar refractivity (Wildman–Crippen MR) is 78.9 cm³/mol. The van der Waals surface area contributed by atoms with Gasteiger partial charge in [-0.2, -0.15) is 0 Å². The van der Waals surface area contributed by atoms with Gasteiger partial charge in [-0.1, -0.05) is 19.1 Å². The van der Waals surface area contributed by atoms with E-state index in [0.29, 0.717) is 12.5 Å². The van der Waals surface area contributed by atoms with Crippen molar-refractivity contribution in [2.75, 3.05) is 19.7 Å². The number of benzene rings is 1. The summed E-state index contributed by atoms with van der Waals surface area (Å²) in [6.07, 6.45) is 1.14. The standard InChI is InChI=1S/C16H23FN2O2/c1-11-5-6-19(15(21)7-12(9-18)10-20)16(11)13-3-2-4-14(17)8-13/h2-4,8,11-12,16,20H,5-7,9-10,18H2,1H3/t11-,12+,16-/m1/s1. The highest BCUT2D eigenvalue weighted by molar-refractivity contribution is 5.77. The van der Waals surface area contributed by atoms with Gasteiger partial charge in [0.2, 0.25) is 5.91 Å². The summed E-state index contributed by atoms with van der Waals surface area (Å²) in [6, 6.07) is 6.35. The summed E-state index contributed by atoms with van der Waals surface area (Å²) in [6.45, 7) is 2.95. The number of hydrogen-bond acceptors (Lipinski definition) is 3. The number of carbonyl (C=O) groups is 1. The number of carbonyl (C=O) groups excluding carboxylic acids is 1. The van der Waals surface area contributed by atoms with Gasteiger partial charge in [0.25, 0.3) is 0 Å². The quantitative estimate of drug-likeness (QED) is 0.868. The largest absolute Gasteiger partial charge is 0.396 e. The third kappa shape index (κ3) is 3.60. The topological polar surface area (TPSA) is 66.6 Å². The van der Waals surface area contributed by atoms with Gasteiger partial charge in [-0.3, -0.25) is 4.79 Å². The third-order valence-corrected chi connectivity index (χ3v) is 4.27. The van der Waals surface area contributed by atoms with Gasteiger partial charge >= 0.3 is 0 Å². The van der Waals surface area contributed by atoms with E-state index in [2.05, 4.69) is 6.92 Å². The van der Waals surface area contributed by atoms with Crippen LogP contribution in [0.1, 0.15) is 31.4 Å². The number of nitrogens with zero attached hydrogens (tertiary/aromatic N) is 1. The Morgan fingerprint density at radius 3 is 2.95 bits per heavy atom. The molecule has 0 bridgehead atoms. The normalized spacial score (nSPS) is 23.3. The van der Waals surface area contributed by atoms with Crippen molar-refractivity contribution >= 4 is 5.91 Å². The Bertz CT molecular complexity index is 491. The molecule has 3 N–H and O–H groups in total. The first-order valence-electron chi connectivity index (χ1n) is 7.42. The average molecular weight is 294 g/mol. The van der Waals surface area contributed by atoms with Crippen molar-refractivity contribution in [2.24, 2.45) is 17.6 Å². The zero-order chi connectivity index (χ0) is 15.4. The van der Waals surface area contributed by atoms with Crippen LogP contribution in [0.4, 0.5) is 4.39 Å². The Morgan fingerprint density at radius 1 is 1.57 bits per heavy atom. The van der Waals surface area contributed by atoms with Crippen LogP contribution in [0.5, 0.6) is 0 Å². The van der Waals surface area contributed by atoms with Crippen molar-refractivity contribution in [1.29, 1.82) is 0 Å². The van der Waals surface area contributed by atoms with Crippen LogP contribution in [0.15, 0.2) is 24.3 Å². The molecule has 0 aromatic heterocycles. The van der Waals surface area contributed by atoms with E-state index in [0.717, 1.165) is 12.0 Å². The van der Waals surface area contributed by atoms with Gasteiger partial charge in [0.05, 0.1) is 6.04 Å². The number of likely N-dealkylation sites (tertiary alicyclic amines) is 1. The fourth-order valence-corrected chi connectivity index (χ4v) is 3.01. The van der Waals surface area contributed by atoms with E-state index in [1.54, 1.807) is 11.0 Å². The third-order valence-electron chi connectivity index (χ3n) is 4.27. The van der Waals surface area contributed by atoms with Crippen LogP contribution in [-0.4, -0.2) is 35.6 Å². The molecule has 2 rings (SSSR count). The monoisotopic (exact) mass is 294 g/mol. The molecular formula is C16H23FN2O2. The van der Waals surface area contributed by atoms with Crippen molar-refractivity contribution in [3.63, 3.8) is 0 Å². The summed E-state index contributed by atoms with van der Waals surface area (Å²) in [7, 11) is 0. The lowest BCUT2D eigenvalue weighted by Crippen LogP contribution is -2.35. The van der Waals surface area contributed by atoms with E-state index < -0.39 is 0 Å². The minimum atomic E-state index is -0.283. The van der Waals surface area contributed by atoms with E-state index in [1.807, 2.05) is 6.07 Å². The van der Waals surface area contributed by atoms with Crippen LogP contribution in [-0.2, 0) is 4.79 Å². The van der Waals surface area contributed by atoms with E-state index >= 15 is 0 Å². The highest BCUT2D eigenvalue weighted by Gasteiger charge is 2.35. The first kappa shape index (κ1) is 15.9. The molecule has 1 aromatic rings. The maximum absolute atomic E-state index is 13.4. The summed E-state index contributed by atoms with van der Waals surface area (Å²) in [5.74, 6) is -0.213. The molecule has 1 fully saturated rings. The van der Waals surface area contributed by atoms with E-state index in [1.165, 1.54) is 12.1 Å². The predicted octanol–water partition coefficient (Wildman–Crippen LogP) is 1.69.